The summed E-state index contributed by atoms with van der Waals surface area (Å²) in [6.45, 7) is 9.64. The summed E-state index contributed by atoms with van der Waals surface area (Å²) in [5.74, 6) is -0.510. The average molecular weight is 327 g/mol. The van der Waals surface area contributed by atoms with Gasteiger partial charge in [-0.3, -0.25) is 4.79 Å². The maximum atomic E-state index is 14.0. The van der Waals surface area contributed by atoms with E-state index in [0.717, 1.165) is 6.42 Å². The Hall–Kier alpha value is -2.16. The number of carbonyl (C=O) groups excluding carboxylic acids is 1. The van der Waals surface area contributed by atoms with Crippen LogP contribution < -0.4 is 5.32 Å². The van der Waals surface area contributed by atoms with Crippen LogP contribution in [0.4, 0.5) is 4.39 Å². The van der Waals surface area contributed by atoms with E-state index in [9.17, 15) is 9.18 Å². The molecule has 1 amide bonds. The number of rotatable bonds is 5. The number of amides is 1. The molecule has 2 nitrogen and oxygen atoms in total. The summed E-state index contributed by atoms with van der Waals surface area (Å²) in [5.41, 5.74) is 3.18. The fourth-order valence-corrected chi connectivity index (χ4v) is 2.95. The summed E-state index contributed by atoms with van der Waals surface area (Å²) in [5, 5.41) is 3.03. The molecule has 0 radical (unpaired) electrons. The van der Waals surface area contributed by atoms with Crippen LogP contribution in [-0.4, -0.2) is 11.9 Å². The van der Waals surface area contributed by atoms with Crippen molar-refractivity contribution >= 4 is 5.91 Å². The maximum absolute atomic E-state index is 14.0. The van der Waals surface area contributed by atoms with Gasteiger partial charge in [-0.2, -0.15) is 0 Å². The van der Waals surface area contributed by atoms with Crippen LogP contribution in [0, 0.1) is 19.7 Å². The van der Waals surface area contributed by atoms with Crippen LogP contribution >= 0.6 is 0 Å². The van der Waals surface area contributed by atoms with Crippen molar-refractivity contribution in [3.05, 3.63) is 70.5 Å². The number of hydrogen-bond donors (Lipinski definition) is 1. The zero-order valence-electron chi connectivity index (χ0n) is 15.1. The minimum Gasteiger partial charge on any atom is -0.353 e. The van der Waals surface area contributed by atoms with Gasteiger partial charge in [-0.1, -0.05) is 42.0 Å². The zero-order chi connectivity index (χ0) is 17.9. The third kappa shape index (κ3) is 4.02. The van der Waals surface area contributed by atoms with Gasteiger partial charge in [-0.25, -0.2) is 4.39 Å². The third-order valence-electron chi connectivity index (χ3n) is 4.52. The number of benzene rings is 2. The Kier molecular flexibility index (Phi) is 5.43. The predicted molar refractivity (Wildman–Crippen MR) is 96.7 cm³/mol. The molecule has 0 bridgehead atoms. The Morgan fingerprint density at radius 3 is 2.46 bits per heavy atom. The van der Waals surface area contributed by atoms with E-state index in [1.807, 2.05) is 6.92 Å². The molecule has 1 unspecified atom stereocenters. The standard InChI is InChI=1S/C21H26FNO/c1-14-10-11-17(15(2)12-14)13-16(3)23-20(24)21(4,5)18-8-6-7-9-19(18)22/h6-12,16H,13H2,1-5H3,(H,23,24). The Labute approximate surface area is 144 Å². The summed E-state index contributed by atoms with van der Waals surface area (Å²) in [4.78, 5) is 12.7. The quantitative estimate of drug-likeness (QED) is 0.862. The molecule has 2 rings (SSSR count). The highest BCUT2D eigenvalue weighted by Gasteiger charge is 2.32. The van der Waals surface area contributed by atoms with E-state index in [1.54, 1.807) is 32.0 Å². The molecule has 2 aromatic rings. The number of aryl methyl sites for hydroxylation is 2. The zero-order valence-corrected chi connectivity index (χ0v) is 15.1. The first kappa shape index (κ1) is 18.2. The summed E-state index contributed by atoms with van der Waals surface area (Å²) in [6.07, 6.45) is 0.755. The lowest BCUT2D eigenvalue weighted by Crippen LogP contribution is -2.45. The van der Waals surface area contributed by atoms with E-state index < -0.39 is 5.41 Å². The highest BCUT2D eigenvalue weighted by atomic mass is 19.1. The van der Waals surface area contributed by atoms with Crippen molar-refractivity contribution in [1.82, 2.24) is 5.32 Å². The van der Waals surface area contributed by atoms with Gasteiger partial charge in [0.15, 0.2) is 0 Å². The summed E-state index contributed by atoms with van der Waals surface area (Å²) in [6, 6.07) is 12.8. The second-order valence-electron chi connectivity index (χ2n) is 7.11. The average Bonchev–Trinajstić information content (AvgIpc) is 2.50. The van der Waals surface area contributed by atoms with Crippen molar-refractivity contribution in [3.63, 3.8) is 0 Å². The van der Waals surface area contributed by atoms with Crippen molar-refractivity contribution in [3.8, 4) is 0 Å². The van der Waals surface area contributed by atoms with Crippen molar-refractivity contribution in [2.45, 2.75) is 52.5 Å². The molecule has 0 aliphatic heterocycles. The number of nitrogens with one attached hydrogen (secondary N) is 1. The Balaban J connectivity index is 2.09. The van der Waals surface area contributed by atoms with Crippen molar-refractivity contribution in [2.24, 2.45) is 0 Å². The fourth-order valence-electron chi connectivity index (χ4n) is 2.95. The largest absolute Gasteiger partial charge is 0.353 e. The van der Waals surface area contributed by atoms with Gasteiger partial charge in [0, 0.05) is 11.6 Å². The lowest BCUT2D eigenvalue weighted by Gasteiger charge is -2.27. The summed E-state index contributed by atoms with van der Waals surface area (Å²) in [7, 11) is 0. The van der Waals surface area contributed by atoms with E-state index >= 15 is 0 Å². The van der Waals surface area contributed by atoms with Gasteiger partial charge in [-0.05, 0) is 58.2 Å². The molecule has 0 aromatic heterocycles. The Morgan fingerprint density at radius 2 is 1.83 bits per heavy atom. The van der Waals surface area contributed by atoms with Crippen LogP contribution in [-0.2, 0) is 16.6 Å². The lowest BCUT2D eigenvalue weighted by molar-refractivity contribution is -0.126. The predicted octanol–water partition coefficient (Wildman–Crippen LogP) is 4.47. The van der Waals surface area contributed by atoms with Gasteiger partial charge in [-0.15, -0.1) is 0 Å². The third-order valence-corrected chi connectivity index (χ3v) is 4.52. The molecule has 24 heavy (non-hydrogen) atoms. The monoisotopic (exact) mass is 327 g/mol. The van der Waals surface area contributed by atoms with E-state index in [1.165, 1.54) is 22.8 Å². The van der Waals surface area contributed by atoms with Crippen LogP contribution in [0.2, 0.25) is 0 Å². The SMILES string of the molecule is Cc1ccc(CC(C)NC(=O)C(C)(C)c2ccccc2F)c(C)c1. The second-order valence-corrected chi connectivity index (χ2v) is 7.11. The fraction of sp³-hybridized carbons (Fsp3) is 0.381. The minimum atomic E-state index is -0.915. The topological polar surface area (TPSA) is 29.1 Å². The van der Waals surface area contributed by atoms with E-state index in [-0.39, 0.29) is 17.8 Å². The molecule has 0 aliphatic carbocycles. The van der Waals surface area contributed by atoms with E-state index in [0.29, 0.717) is 5.56 Å². The van der Waals surface area contributed by atoms with E-state index in [4.69, 9.17) is 0 Å². The molecule has 128 valence electrons. The lowest BCUT2D eigenvalue weighted by atomic mass is 9.83. The van der Waals surface area contributed by atoms with Crippen molar-refractivity contribution in [2.75, 3.05) is 0 Å². The molecule has 1 N–H and O–H groups in total. The highest BCUT2D eigenvalue weighted by molar-refractivity contribution is 5.87. The van der Waals surface area contributed by atoms with Gasteiger partial charge < -0.3 is 5.32 Å². The molecule has 0 saturated carbocycles. The Morgan fingerprint density at radius 1 is 1.17 bits per heavy atom. The first-order valence-corrected chi connectivity index (χ1v) is 8.34. The van der Waals surface area contributed by atoms with Gasteiger partial charge in [0.05, 0.1) is 5.41 Å². The van der Waals surface area contributed by atoms with E-state index in [2.05, 4.69) is 37.4 Å². The molecular formula is C21H26FNO. The van der Waals surface area contributed by atoms with Crippen molar-refractivity contribution < 1.29 is 9.18 Å². The first-order chi connectivity index (χ1) is 11.2. The van der Waals surface area contributed by atoms with Crippen LogP contribution in [0.1, 0.15) is 43.0 Å². The molecule has 0 saturated heterocycles. The molecular weight excluding hydrogens is 301 g/mol. The van der Waals surface area contributed by atoms with Crippen LogP contribution in [0.3, 0.4) is 0 Å². The molecule has 0 spiro atoms. The van der Waals surface area contributed by atoms with Crippen LogP contribution in [0.15, 0.2) is 42.5 Å². The summed E-state index contributed by atoms with van der Waals surface area (Å²) >= 11 is 0. The minimum absolute atomic E-state index is 0.0232. The highest BCUT2D eigenvalue weighted by Crippen LogP contribution is 2.26. The van der Waals surface area contributed by atoms with Gasteiger partial charge in [0.1, 0.15) is 5.82 Å². The van der Waals surface area contributed by atoms with Gasteiger partial charge in [0.25, 0.3) is 0 Å². The molecule has 0 heterocycles. The Bertz CT molecular complexity index is 736. The number of hydrogen-bond acceptors (Lipinski definition) is 1. The smallest absolute Gasteiger partial charge is 0.230 e. The van der Waals surface area contributed by atoms with Crippen LogP contribution in [0.5, 0.6) is 0 Å². The molecule has 3 heteroatoms. The van der Waals surface area contributed by atoms with Crippen LogP contribution in [0.25, 0.3) is 0 Å². The van der Waals surface area contributed by atoms with Gasteiger partial charge in [0.2, 0.25) is 5.91 Å². The number of carbonyl (C=O) groups is 1. The molecule has 0 aliphatic rings. The molecule has 2 aromatic carbocycles. The molecule has 1 atom stereocenters. The second kappa shape index (κ2) is 7.16. The molecule has 0 fully saturated rings. The normalized spacial score (nSPS) is 12.8. The summed E-state index contributed by atoms with van der Waals surface area (Å²) < 4.78 is 14.0. The maximum Gasteiger partial charge on any atom is 0.230 e. The van der Waals surface area contributed by atoms with Gasteiger partial charge >= 0.3 is 0 Å². The number of halogens is 1. The van der Waals surface area contributed by atoms with Crippen molar-refractivity contribution in [1.29, 1.82) is 0 Å². The first-order valence-electron chi connectivity index (χ1n) is 8.34.